The Morgan fingerprint density at radius 1 is 1.14 bits per heavy atom. The van der Waals surface area contributed by atoms with Gasteiger partial charge in [-0.15, -0.1) is 0 Å². The lowest BCUT2D eigenvalue weighted by Gasteiger charge is -2.11. The number of aromatic carboxylic acids is 1. The number of carboxylic acid groups (broad SMARTS) is 1. The number of halogens is 1. The summed E-state index contributed by atoms with van der Waals surface area (Å²) in [6.45, 7) is 0. The van der Waals surface area contributed by atoms with Crippen molar-refractivity contribution < 1.29 is 22.7 Å². The first-order valence-electron chi connectivity index (χ1n) is 5.71. The number of carbonyl (C=O) groups is 1. The Morgan fingerprint density at radius 3 is 2.33 bits per heavy atom. The van der Waals surface area contributed by atoms with Gasteiger partial charge in [-0.3, -0.25) is 4.72 Å². The minimum absolute atomic E-state index is 0.107. The van der Waals surface area contributed by atoms with Crippen LogP contribution in [0.4, 0.5) is 15.8 Å². The molecule has 110 valence electrons. The zero-order valence-corrected chi connectivity index (χ0v) is 11.4. The predicted octanol–water partition coefficient (Wildman–Crippen LogP) is 1.91. The molecule has 0 aliphatic carbocycles. The average molecular weight is 310 g/mol. The van der Waals surface area contributed by atoms with Crippen LogP contribution in [0.5, 0.6) is 0 Å². The quantitative estimate of drug-likeness (QED) is 0.747. The number of hydrogen-bond donors (Lipinski definition) is 3. The summed E-state index contributed by atoms with van der Waals surface area (Å²) in [4.78, 5) is 10.6. The number of anilines is 2. The molecule has 0 unspecified atom stereocenters. The van der Waals surface area contributed by atoms with Gasteiger partial charge in [0.1, 0.15) is 10.7 Å². The number of benzene rings is 2. The van der Waals surface area contributed by atoms with Gasteiger partial charge >= 0.3 is 5.97 Å². The predicted molar refractivity (Wildman–Crippen MR) is 75.0 cm³/mol. The van der Waals surface area contributed by atoms with Crippen LogP contribution in [0.15, 0.2) is 47.4 Å². The van der Waals surface area contributed by atoms with Crippen molar-refractivity contribution in [3.63, 3.8) is 0 Å². The highest BCUT2D eigenvalue weighted by atomic mass is 32.2. The highest BCUT2D eigenvalue weighted by Gasteiger charge is 2.22. The van der Waals surface area contributed by atoms with Crippen molar-refractivity contribution in [2.75, 3.05) is 10.5 Å². The van der Waals surface area contributed by atoms with E-state index in [0.29, 0.717) is 0 Å². The molecule has 0 bridgehead atoms. The van der Waals surface area contributed by atoms with E-state index in [1.54, 1.807) is 0 Å². The van der Waals surface area contributed by atoms with Crippen molar-refractivity contribution in [2.45, 2.75) is 4.90 Å². The van der Waals surface area contributed by atoms with Gasteiger partial charge in [-0.05, 0) is 42.5 Å². The minimum Gasteiger partial charge on any atom is -0.478 e. The van der Waals surface area contributed by atoms with Gasteiger partial charge in [-0.1, -0.05) is 0 Å². The first kappa shape index (κ1) is 14.8. The molecule has 4 N–H and O–H groups in total. The molecule has 0 aromatic heterocycles. The second-order valence-corrected chi connectivity index (χ2v) is 5.82. The van der Waals surface area contributed by atoms with E-state index in [9.17, 15) is 17.6 Å². The fraction of sp³-hybridized carbons (Fsp3) is 0. The van der Waals surface area contributed by atoms with E-state index in [1.807, 2.05) is 0 Å². The SMILES string of the molecule is Nc1ccc(C(=O)O)c(S(=O)(=O)Nc2ccc(F)cc2)c1. The number of rotatable bonds is 4. The Bertz CT molecular complexity index is 788. The Labute approximate surface area is 120 Å². The molecule has 0 amide bonds. The molecular weight excluding hydrogens is 299 g/mol. The monoisotopic (exact) mass is 310 g/mol. The molecule has 0 atom stereocenters. The van der Waals surface area contributed by atoms with Crippen LogP contribution >= 0.6 is 0 Å². The molecule has 2 aromatic rings. The molecule has 21 heavy (non-hydrogen) atoms. The lowest BCUT2D eigenvalue weighted by molar-refractivity contribution is 0.0692. The van der Waals surface area contributed by atoms with E-state index in [2.05, 4.69) is 4.72 Å². The van der Waals surface area contributed by atoms with Gasteiger partial charge in [-0.2, -0.15) is 0 Å². The van der Waals surface area contributed by atoms with E-state index in [-0.39, 0.29) is 11.4 Å². The van der Waals surface area contributed by atoms with Crippen LogP contribution in [0, 0.1) is 5.82 Å². The van der Waals surface area contributed by atoms with Crippen molar-refractivity contribution in [2.24, 2.45) is 0 Å². The maximum Gasteiger partial charge on any atom is 0.337 e. The summed E-state index contributed by atoms with van der Waals surface area (Å²) in [5, 5.41) is 9.04. The average Bonchev–Trinajstić information content (AvgIpc) is 2.41. The van der Waals surface area contributed by atoms with Crippen LogP contribution in [0.3, 0.4) is 0 Å². The first-order valence-corrected chi connectivity index (χ1v) is 7.19. The second kappa shape index (κ2) is 5.41. The topological polar surface area (TPSA) is 109 Å². The Kier molecular flexibility index (Phi) is 3.81. The van der Waals surface area contributed by atoms with Gasteiger partial charge in [0.25, 0.3) is 10.0 Å². The third-order valence-electron chi connectivity index (χ3n) is 2.62. The highest BCUT2D eigenvalue weighted by molar-refractivity contribution is 7.92. The number of nitrogen functional groups attached to an aromatic ring is 1. The molecule has 8 heteroatoms. The summed E-state index contributed by atoms with van der Waals surface area (Å²) in [6.07, 6.45) is 0. The molecule has 2 rings (SSSR count). The summed E-state index contributed by atoms with van der Waals surface area (Å²) in [7, 11) is -4.16. The third-order valence-corrected chi connectivity index (χ3v) is 4.04. The number of carboxylic acids is 1. The van der Waals surface area contributed by atoms with Crippen LogP contribution < -0.4 is 10.5 Å². The van der Waals surface area contributed by atoms with Crippen LogP contribution in [0.1, 0.15) is 10.4 Å². The number of nitrogens with two attached hydrogens (primary N) is 1. The summed E-state index contributed by atoms with van der Waals surface area (Å²) in [6, 6.07) is 8.05. The van der Waals surface area contributed by atoms with Gasteiger partial charge in [0.05, 0.1) is 5.56 Å². The number of nitrogens with one attached hydrogen (secondary N) is 1. The molecule has 0 heterocycles. The highest BCUT2D eigenvalue weighted by Crippen LogP contribution is 2.22. The standard InChI is InChI=1S/C13H11FN2O4S/c14-8-1-4-10(5-2-8)16-21(19,20)12-7-9(15)3-6-11(12)13(17)18/h1-7,16H,15H2,(H,17,18). The van der Waals surface area contributed by atoms with E-state index in [0.717, 1.165) is 24.3 Å². The van der Waals surface area contributed by atoms with E-state index in [1.165, 1.54) is 18.2 Å². The molecule has 0 aliphatic rings. The summed E-state index contributed by atoms with van der Waals surface area (Å²) in [5.74, 6) is -1.91. The van der Waals surface area contributed by atoms with Crippen LogP contribution in [-0.4, -0.2) is 19.5 Å². The maximum absolute atomic E-state index is 12.8. The molecule has 0 saturated heterocycles. The molecule has 0 spiro atoms. The zero-order chi connectivity index (χ0) is 15.6. The molecule has 0 fully saturated rings. The number of hydrogen-bond acceptors (Lipinski definition) is 4. The van der Waals surface area contributed by atoms with Crippen molar-refractivity contribution in [1.82, 2.24) is 0 Å². The van der Waals surface area contributed by atoms with Crippen molar-refractivity contribution in [3.8, 4) is 0 Å². The van der Waals surface area contributed by atoms with Crippen LogP contribution in [0.2, 0.25) is 0 Å². The van der Waals surface area contributed by atoms with Crippen LogP contribution in [-0.2, 0) is 10.0 Å². The Morgan fingerprint density at radius 2 is 1.76 bits per heavy atom. The molecule has 0 aliphatic heterocycles. The second-order valence-electron chi connectivity index (χ2n) is 4.17. The van der Waals surface area contributed by atoms with Crippen molar-refractivity contribution in [1.29, 1.82) is 0 Å². The fourth-order valence-electron chi connectivity index (χ4n) is 1.67. The number of sulfonamides is 1. The molecule has 6 nitrogen and oxygen atoms in total. The molecular formula is C13H11FN2O4S. The van der Waals surface area contributed by atoms with Crippen molar-refractivity contribution >= 4 is 27.4 Å². The Hall–Kier alpha value is -2.61. The largest absolute Gasteiger partial charge is 0.478 e. The van der Waals surface area contributed by atoms with Gasteiger partial charge in [0, 0.05) is 11.4 Å². The summed E-state index contributed by atoms with van der Waals surface area (Å²) >= 11 is 0. The van der Waals surface area contributed by atoms with Crippen molar-refractivity contribution in [3.05, 3.63) is 53.8 Å². The fourth-order valence-corrected chi connectivity index (χ4v) is 2.96. The van der Waals surface area contributed by atoms with Gasteiger partial charge in [-0.25, -0.2) is 17.6 Å². The minimum atomic E-state index is -4.16. The molecule has 2 aromatic carbocycles. The Balaban J connectivity index is 2.46. The smallest absolute Gasteiger partial charge is 0.337 e. The van der Waals surface area contributed by atoms with E-state index in [4.69, 9.17) is 10.8 Å². The lowest BCUT2D eigenvalue weighted by atomic mass is 10.2. The zero-order valence-electron chi connectivity index (χ0n) is 10.6. The summed E-state index contributed by atoms with van der Waals surface area (Å²) in [5.41, 5.74) is 5.32. The molecule has 0 saturated carbocycles. The third kappa shape index (κ3) is 3.29. The molecule has 0 radical (unpaired) electrons. The lowest BCUT2D eigenvalue weighted by Crippen LogP contribution is -2.17. The van der Waals surface area contributed by atoms with E-state index >= 15 is 0 Å². The van der Waals surface area contributed by atoms with Gasteiger partial charge in [0.2, 0.25) is 0 Å². The normalized spacial score (nSPS) is 11.1. The summed E-state index contributed by atoms with van der Waals surface area (Å²) < 4.78 is 39.4. The maximum atomic E-state index is 12.8. The van der Waals surface area contributed by atoms with Gasteiger partial charge < -0.3 is 10.8 Å². The van der Waals surface area contributed by atoms with E-state index < -0.39 is 32.3 Å². The van der Waals surface area contributed by atoms with Crippen LogP contribution in [0.25, 0.3) is 0 Å². The van der Waals surface area contributed by atoms with Gasteiger partial charge in [0.15, 0.2) is 0 Å². The first-order chi connectivity index (χ1) is 9.79.